The van der Waals surface area contributed by atoms with Crippen molar-refractivity contribution >= 4 is 12.2 Å². The fraction of sp³-hybridized carbons (Fsp3) is 0.0667. The lowest BCUT2D eigenvalue weighted by atomic mass is 10.2. The van der Waals surface area contributed by atoms with Crippen molar-refractivity contribution < 1.29 is 4.57 Å². The minimum atomic E-state index is 0.688. The van der Waals surface area contributed by atoms with Crippen LogP contribution in [0.1, 0.15) is 0 Å². The van der Waals surface area contributed by atoms with Gasteiger partial charge in [-0.25, -0.2) is 0 Å². The van der Waals surface area contributed by atoms with Crippen LogP contribution in [0.15, 0.2) is 60.7 Å². The zero-order valence-corrected chi connectivity index (χ0v) is 11.4. The summed E-state index contributed by atoms with van der Waals surface area (Å²) in [6, 6.07) is 20.4. The van der Waals surface area contributed by atoms with Crippen LogP contribution >= 0.6 is 12.2 Å². The van der Waals surface area contributed by atoms with Crippen LogP contribution in [-0.2, 0) is 7.05 Å². The standard InChI is InChI=1S/C15H13N3S/c1-17-14(12-8-4-2-5-9-12)18(15(19)16-17)13-10-6-3-7-11-13/h2-11H,1H3/p+1. The van der Waals surface area contributed by atoms with Gasteiger partial charge in [0.1, 0.15) is 5.69 Å². The molecule has 0 aliphatic carbocycles. The molecule has 0 radical (unpaired) electrons. The van der Waals surface area contributed by atoms with Crippen molar-refractivity contribution in [3.05, 3.63) is 65.4 Å². The quantitative estimate of drug-likeness (QED) is 0.561. The highest BCUT2D eigenvalue weighted by Crippen LogP contribution is 2.15. The molecule has 94 valence electrons. The maximum Gasteiger partial charge on any atom is 0.328 e. The topological polar surface area (TPSA) is 24.6 Å². The molecule has 0 fully saturated rings. The highest BCUT2D eigenvalue weighted by molar-refractivity contribution is 7.71. The van der Waals surface area contributed by atoms with E-state index in [-0.39, 0.29) is 0 Å². The molecule has 0 bridgehead atoms. The van der Waals surface area contributed by atoms with E-state index in [0.29, 0.717) is 4.77 Å². The molecule has 0 unspecified atom stereocenters. The van der Waals surface area contributed by atoms with Crippen LogP contribution in [0, 0.1) is 4.77 Å². The summed E-state index contributed by atoms with van der Waals surface area (Å²) in [6.45, 7) is 0. The Bertz CT molecular complexity index is 742. The van der Waals surface area contributed by atoms with Crippen molar-refractivity contribution in [2.75, 3.05) is 0 Å². The van der Waals surface area contributed by atoms with E-state index in [2.05, 4.69) is 29.4 Å². The monoisotopic (exact) mass is 268 g/mol. The molecule has 1 heterocycles. The molecule has 0 amide bonds. The summed E-state index contributed by atoms with van der Waals surface area (Å²) in [5.74, 6) is 1.04. The molecule has 19 heavy (non-hydrogen) atoms. The Labute approximate surface area is 116 Å². The highest BCUT2D eigenvalue weighted by Gasteiger charge is 2.19. The molecule has 0 aliphatic heterocycles. The van der Waals surface area contributed by atoms with Crippen LogP contribution in [0.2, 0.25) is 0 Å². The molecule has 0 atom stereocenters. The van der Waals surface area contributed by atoms with E-state index in [0.717, 1.165) is 17.1 Å². The smallest absolute Gasteiger partial charge is 0.184 e. The van der Waals surface area contributed by atoms with E-state index in [9.17, 15) is 0 Å². The van der Waals surface area contributed by atoms with Crippen molar-refractivity contribution in [2.45, 2.75) is 0 Å². The first kappa shape index (κ1) is 11.9. The Morgan fingerprint density at radius 3 is 2.16 bits per heavy atom. The molecule has 0 spiro atoms. The number of aromatic nitrogens is 3. The second-order valence-electron chi connectivity index (χ2n) is 4.34. The van der Waals surface area contributed by atoms with Crippen LogP contribution < -0.4 is 4.57 Å². The zero-order valence-electron chi connectivity index (χ0n) is 10.6. The molecule has 0 saturated carbocycles. The van der Waals surface area contributed by atoms with E-state index >= 15 is 0 Å². The Hall–Kier alpha value is -2.20. The predicted octanol–water partition coefficient (Wildman–Crippen LogP) is 3.03. The van der Waals surface area contributed by atoms with E-state index in [1.54, 1.807) is 0 Å². The van der Waals surface area contributed by atoms with Crippen molar-refractivity contribution in [3.8, 4) is 17.1 Å². The number of aromatic amines is 1. The van der Waals surface area contributed by atoms with Gasteiger partial charge >= 0.3 is 4.77 Å². The molecule has 3 nitrogen and oxygen atoms in total. The van der Waals surface area contributed by atoms with Gasteiger partial charge in [0.15, 0.2) is 0 Å². The number of para-hydroxylation sites is 1. The van der Waals surface area contributed by atoms with Gasteiger partial charge in [-0.1, -0.05) is 36.4 Å². The first-order valence-corrected chi connectivity index (χ1v) is 6.50. The normalized spacial score (nSPS) is 10.6. The molecule has 1 aromatic heterocycles. The lowest BCUT2D eigenvalue weighted by molar-refractivity contribution is -0.591. The van der Waals surface area contributed by atoms with Gasteiger partial charge in [-0.15, -0.1) is 9.78 Å². The second kappa shape index (κ2) is 4.82. The van der Waals surface area contributed by atoms with Gasteiger partial charge in [0.05, 0.1) is 12.6 Å². The third-order valence-electron chi connectivity index (χ3n) is 3.04. The highest BCUT2D eigenvalue weighted by atomic mass is 32.1. The molecule has 4 heteroatoms. The fourth-order valence-corrected chi connectivity index (χ4v) is 2.55. The number of hydrogen-bond donors (Lipinski definition) is 1. The number of nitrogens with zero attached hydrogens (tertiary/aromatic N) is 2. The zero-order chi connectivity index (χ0) is 13.2. The van der Waals surface area contributed by atoms with Gasteiger partial charge in [-0.05, 0) is 36.5 Å². The minimum Gasteiger partial charge on any atom is -0.184 e. The van der Waals surface area contributed by atoms with Crippen molar-refractivity contribution in [3.63, 3.8) is 0 Å². The average molecular weight is 268 g/mol. The van der Waals surface area contributed by atoms with Crippen LogP contribution in [0.3, 0.4) is 0 Å². The van der Waals surface area contributed by atoms with E-state index in [4.69, 9.17) is 12.2 Å². The Balaban J connectivity index is 2.30. The molecule has 0 saturated heterocycles. The van der Waals surface area contributed by atoms with Crippen LogP contribution in [0.5, 0.6) is 0 Å². The van der Waals surface area contributed by atoms with E-state index in [1.165, 1.54) is 0 Å². The summed E-state index contributed by atoms with van der Waals surface area (Å²) in [7, 11) is 1.97. The third-order valence-corrected chi connectivity index (χ3v) is 3.32. The van der Waals surface area contributed by atoms with Crippen molar-refractivity contribution in [1.82, 2.24) is 9.78 Å². The first-order valence-electron chi connectivity index (χ1n) is 6.09. The number of aryl methyl sites for hydroxylation is 1. The van der Waals surface area contributed by atoms with Crippen LogP contribution in [0.25, 0.3) is 17.1 Å². The lowest BCUT2D eigenvalue weighted by Crippen LogP contribution is -2.33. The SMILES string of the molecule is Cn1[nH]c(=S)[n+](-c2ccccc2)c1-c1ccccc1. The van der Waals surface area contributed by atoms with E-state index in [1.807, 2.05) is 52.7 Å². The summed E-state index contributed by atoms with van der Waals surface area (Å²) in [5.41, 5.74) is 2.18. The molecule has 3 aromatic rings. The first-order chi connectivity index (χ1) is 9.27. The number of rotatable bonds is 2. The Kier molecular flexibility index (Phi) is 3.01. The summed E-state index contributed by atoms with van der Waals surface area (Å²) in [5, 5.41) is 3.17. The summed E-state index contributed by atoms with van der Waals surface area (Å²) in [4.78, 5) is 0. The number of nitrogens with one attached hydrogen (secondary N) is 1. The molecular weight excluding hydrogens is 254 g/mol. The maximum absolute atomic E-state index is 5.43. The fourth-order valence-electron chi connectivity index (χ4n) is 2.22. The van der Waals surface area contributed by atoms with Crippen molar-refractivity contribution in [1.29, 1.82) is 0 Å². The van der Waals surface area contributed by atoms with Crippen molar-refractivity contribution in [2.24, 2.45) is 7.05 Å². The predicted molar refractivity (Wildman–Crippen MR) is 77.6 cm³/mol. The minimum absolute atomic E-state index is 0.688. The average Bonchev–Trinajstić information content (AvgIpc) is 2.75. The molecule has 2 aromatic carbocycles. The van der Waals surface area contributed by atoms with Gasteiger partial charge in [0.2, 0.25) is 0 Å². The van der Waals surface area contributed by atoms with Crippen LogP contribution in [0.4, 0.5) is 0 Å². The molecule has 1 N–H and O–H groups in total. The Morgan fingerprint density at radius 1 is 0.947 bits per heavy atom. The summed E-state index contributed by atoms with van der Waals surface area (Å²) >= 11 is 5.43. The number of benzene rings is 2. The van der Waals surface area contributed by atoms with Gasteiger partial charge in [0.25, 0.3) is 5.82 Å². The van der Waals surface area contributed by atoms with Crippen LogP contribution in [-0.4, -0.2) is 9.78 Å². The number of H-pyrrole nitrogens is 1. The van der Waals surface area contributed by atoms with Gasteiger partial charge in [0, 0.05) is 0 Å². The second-order valence-corrected chi connectivity index (χ2v) is 4.72. The molecule has 0 aliphatic rings. The van der Waals surface area contributed by atoms with Gasteiger partial charge in [-0.2, -0.15) is 4.57 Å². The summed E-state index contributed by atoms with van der Waals surface area (Å²) < 4.78 is 4.68. The van der Waals surface area contributed by atoms with Gasteiger partial charge < -0.3 is 0 Å². The van der Waals surface area contributed by atoms with E-state index < -0.39 is 0 Å². The third kappa shape index (κ3) is 2.11. The van der Waals surface area contributed by atoms with Gasteiger partial charge in [-0.3, -0.25) is 0 Å². The maximum atomic E-state index is 5.43. The molecule has 3 rings (SSSR count). The largest absolute Gasteiger partial charge is 0.328 e. The Morgan fingerprint density at radius 2 is 1.53 bits per heavy atom. The number of hydrogen-bond acceptors (Lipinski definition) is 1. The molecular formula is C15H14N3S+. The lowest BCUT2D eigenvalue weighted by Gasteiger charge is -2.02. The summed E-state index contributed by atoms with van der Waals surface area (Å²) in [6.07, 6.45) is 0.